The van der Waals surface area contributed by atoms with Crippen molar-refractivity contribution in [2.24, 2.45) is 5.73 Å². The predicted octanol–water partition coefficient (Wildman–Crippen LogP) is 0.757. The van der Waals surface area contributed by atoms with Crippen molar-refractivity contribution >= 4 is 23.5 Å². The molecule has 19 heavy (non-hydrogen) atoms. The lowest BCUT2D eigenvalue weighted by Crippen LogP contribution is -2.24. The second-order valence-corrected chi connectivity index (χ2v) is 3.93. The van der Waals surface area contributed by atoms with Crippen LogP contribution >= 0.6 is 11.6 Å². The Kier molecular flexibility index (Phi) is 5.81. The first-order chi connectivity index (χ1) is 9.04. The number of ether oxygens (including phenoxy) is 1. The largest absolute Gasteiger partial charge is 0.462 e. The molecule has 0 bridgehead atoms. The molecule has 7 heteroatoms. The van der Waals surface area contributed by atoms with Crippen LogP contribution < -0.4 is 11.1 Å². The van der Waals surface area contributed by atoms with Gasteiger partial charge in [0.15, 0.2) is 0 Å². The van der Waals surface area contributed by atoms with E-state index in [0.717, 1.165) is 0 Å². The highest BCUT2D eigenvalue weighted by molar-refractivity contribution is 6.30. The summed E-state index contributed by atoms with van der Waals surface area (Å²) in [7, 11) is 0. The van der Waals surface area contributed by atoms with Gasteiger partial charge in [-0.1, -0.05) is 11.6 Å². The number of nitrogens with two attached hydrogens (primary N) is 1. The molecule has 0 aliphatic carbocycles. The molecule has 0 aliphatic heterocycles. The van der Waals surface area contributed by atoms with E-state index in [1.54, 1.807) is 19.1 Å². The van der Waals surface area contributed by atoms with E-state index in [1.807, 2.05) is 0 Å². The number of hydrogen-bond acceptors (Lipinski definition) is 5. The molecule has 0 spiro atoms. The molecule has 0 fully saturated rings. The number of nitrogens with one attached hydrogen (secondary N) is 1. The highest BCUT2D eigenvalue weighted by Crippen LogP contribution is 2.06. The first-order valence-corrected chi connectivity index (χ1v) is 5.93. The third kappa shape index (κ3) is 4.97. The van der Waals surface area contributed by atoms with E-state index in [0.29, 0.717) is 17.3 Å². The van der Waals surface area contributed by atoms with Gasteiger partial charge >= 0.3 is 5.97 Å². The van der Waals surface area contributed by atoms with Crippen molar-refractivity contribution in [3.05, 3.63) is 40.8 Å². The number of primary amides is 1. The molecule has 0 aliphatic rings. The molecule has 6 nitrogen and oxygen atoms in total. The third-order valence-corrected chi connectivity index (χ3v) is 2.30. The van der Waals surface area contributed by atoms with Crippen molar-refractivity contribution in [3.63, 3.8) is 0 Å². The fourth-order valence-corrected chi connectivity index (χ4v) is 1.32. The number of aromatic nitrogens is 1. The van der Waals surface area contributed by atoms with Gasteiger partial charge in [-0.25, -0.2) is 4.79 Å². The van der Waals surface area contributed by atoms with Crippen LogP contribution in [0.1, 0.15) is 12.6 Å². The molecule has 0 saturated carbocycles. The maximum Gasteiger partial charge on any atom is 0.345 e. The Morgan fingerprint density at radius 2 is 2.26 bits per heavy atom. The average molecular weight is 284 g/mol. The minimum atomic E-state index is -0.852. The van der Waals surface area contributed by atoms with Crippen LogP contribution in [0.4, 0.5) is 0 Å². The zero-order valence-electron chi connectivity index (χ0n) is 10.4. The van der Waals surface area contributed by atoms with Crippen molar-refractivity contribution in [2.45, 2.75) is 13.5 Å². The van der Waals surface area contributed by atoms with Crippen LogP contribution in [0.25, 0.3) is 0 Å². The molecule has 102 valence electrons. The first-order valence-electron chi connectivity index (χ1n) is 5.55. The summed E-state index contributed by atoms with van der Waals surface area (Å²) in [6.07, 6.45) is 2.72. The lowest BCUT2D eigenvalue weighted by molar-refractivity contribution is -0.139. The molecule has 1 amide bonds. The van der Waals surface area contributed by atoms with Gasteiger partial charge in [0.2, 0.25) is 0 Å². The molecule has 0 radical (unpaired) electrons. The van der Waals surface area contributed by atoms with Gasteiger partial charge in [0, 0.05) is 12.4 Å². The van der Waals surface area contributed by atoms with Crippen molar-refractivity contribution in [1.29, 1.82) is 0 Å². The van der Waals surface area contributed by atoms with E-state index in [4.69, 9.17) is 22.1 Å². The van der Waals surface area contributed by atoms with Crippen molar-refractivity contribution < 1.29 is 14.3 Å². The molecule has 3 N–H and O–H groups in total. The smallest absolute Gasteiger partial charge is 0.345 e. The van der Waals surface area contributed by atoms with E-state index < -0.39 is 11.9 Å². The van der Waals surface area contributed by atoms with Gasteiger partial charge < -0.3 is 15.8 Å². The highest BCUT2D eigenvalue weighted by Gasteiger charge is 2.16. The second kappa shape index (κ2) is 7.38. The van der Waals surface area contributed by atoms with Crippen LogP contribution in [0.15, 0.2) is 30.1 Å². The number of carbonyl (C=O) groups excluding carboxylic acids is 2. The molecule has 1 heterocycles. The van der Waals surface area contributed by atoms with Crippen molar-refractivity contribution in [2.75, 3.05) is 6.61 Å². The molecule has 1 aromatic rings. The van der Waals surface area contributed by atoms with E-state index >= 15 is 0 Å². The van der Waals surface area contributed by atoms with Crippen LogP contribution in [0.3, 0.4) is 0 Å². The Bertz CT molecular complexity index is 485. The van der Waals surface area contributed by atoms with Crippen molar-refractivity contribution in [3.8, 4) is 0 Å². The Hall–Kier alpha value is -2.08. The topological polar surface area (TPSA) is 94.3 Å². The Labute approximate surface area is 115 Å². The van der Waals surface area contributed by atoms with Crippen LogP contribution in [-0.4, -0.2) is 23.5 Å². The van der Waals surface area contributed by atoms with Crippen LogP contribution in [-0.2, 0) is 20.9 Å². The minimum absolute atomic E-state index is 0.169. The normalized spacial score (nSPS) is 10.9. The molecule has 0 aromatic carbocycles. The summed E-state index contributed by atoms with van der Waals surface area (Å²) in [4.78, 5) is 26.5. The third-order valence-electron chi connectivity index (χ3n) is 2.08. The van der Waals surface area contributed by atoms with Gasteiger partial charge in [0.05, 0.1) is 23.9 Å². The standard InChI is InChI=1S/C12H14ClN3O3/c1-2-19-12(18)10(11(14)17)7-15-6-9-4-3-8(13)5-16-9/h3-5,7,15H,2,6H2,1H3,(H2,14,17). The number of amides is 1. The molecule has 0 atom stereocenters. The van der Waals surface area contributed by atoms with Gasteiger partial charge in [-0.15, -0.1) is 0 Å². The summed E-state index contributed by atoms with van der Waals surface area (Å²) in [6.45, 7) is 2.14. The second-order valence-electron chi connectivity index (χ2n) is 3.49. The Balaban J connectivity index is 2.64. The summed E-state index contributed by atoms with van der Waals surface area (Å²) >= 11 is 5.70. The van der Waals surface area contributed by atoms with Crippen LogP contribution in [0.5, 0.6) is 0 Å². The molecular weight excluding hydrogens is 270 g/mol. The van der Waals surface area contributed by atoms with E-state index in [-0.39, 0.29) is 12.2 Å². The van der Waals surface area contributed by atoms with E-state index in [2.05, 4.69) is 10.3 Å². The van der Waals surface area contributed by atoms with Crippen LogP contribution in [0.2, 0.25) is 5.02 Å². The van der Waals surface area contributed by atoms with Gasteiger partial charge in [0.25, 0.3) is 5.91 Å². The first kappa shape index (κ1) is 15.0. The molecule has 1 rings (SSSR count). The fraction of sp³-hybridized carbons (Fsp3) is 0.250. The average Bonchev–Trinajstić information content (AvgIpc) is 2.36. The fourth-order valence-electron chi connectivity index (χ4n) is 1.21. The van der Waals surface area contributed by atoms with Gasteiger partial charge in [0.1, 0.15) is 5.57 Å². The maximum atomic E-state index is 11.4. The quantitative estimate of drug-likeness (QED) is 0.348. The monoisotopic (exact) mass is 283 g/mol. The molecule has 0 saturated heterocycles. The lowest BCUT2D eigenvalue weighted by Gasteiger charge is -2.05. The number of halogens is 1. The van der Waals surface area contributed by atoms with Gasteiger partial charge in [-0.2, -0.15) is 0 Å². The van der Waals surface area contributed by atoms with Crippen molar-refractivity contribution in [1.82, 2.24) is 10.3 Å². The molecule has 0 unspecified atom stereocenters. The minimum Gasteiger partial charge on any atom is -0.462 e. The van der Waals surface area contributed by atoms with E-state index in [9.17, 15) is 9.59 Å². The van der Waals surface area contributed by atoms with Crippen LogP contribution in [0, 0.1) is 0 Å². The zero-order chi connectivity index (χ0) is 14.3. The summed E-state index contributed by atoms with van der Waals surface area (Å²) in [5.74, 6) is -1.61. The summed E-state index contributed by atoms with van der Waals surface area (Å²) in [5, 5.41) is 3.30. The highest BCUT2D eigenvalue weighted by atomic mass is 35.5. The van der Waals surface area contributed by atoms with Gasteiger partial charge in [-0.05, 0) is 19.1 Å². The number of pyridine rings is 1. The predicted molar refractivity (Wildman–Crippen MR) is 70.0 cm³/mol. The number of nitrogens with zero attached hydrogens (tertiary/aromatic N) is 1. The number of carbonyl (C=O) groups is 2. The maximum absolute atomic E-state index is 11.4. The molecular formula is C12H14ClN3O3. The Morgan fingerprint density at radius 1 is 1.53 bits per heavy atom. The zero-order valence-corrected chi connectivity index (χ0v) is 11.1. The number of hydrogen-bond donors (Lipinski definition) is 2. The molecule has 1 aromatic heterocycles. The SMILES string of the molecule is CCOC(=O)C(=CNCc1ccc(Cl)cn1)C(N)=O. The summed E-state index contributed by atoms with van der Waals surface area (Å²) in [6, 6.07) is 3.41. The lowest BCUT2D eigenvalue weighted by atomic mass is 10.3. The number of rotatable bonds is 6. The van der Waals surface area contributed by atoms with E-state index in [1.165, 1.54) is 12.4 Å². The number of esters is 1. The van der Waals surface area contributed by atoms with Gasteiger partial charge in [-0.3, -0.25) is 9.78 Å². The Morgan fingerprint density at radius 3 is 2.79 bits per heavy atom. The summed E-state index contributed by atoms with van der Waals surface area (Å²) in [5.41, 5.74) is 5.55. The summed E-state index contributed by atoms with van der Waals surface area (Å²) < 4.78 is 4.70.